The third kappa shape index (κ3) is 3.36. The van der Waals surface area contributed by atoms with Crippen LogP contribution in [0.15, 0.2) is 39.5 Å². The second-order valence-electron chi connectivity index (χ2n) is 5.83. The number of nitrogens with one attached hydrogen (secondary N) is 1. The average molecular weight is 303 g/mol. The molecule has 2 atom stereocenters. The first-order valence-corrected chi connectivity index (χ1v) is 7.38. The average Bonchev–Trinajstić information content (AvgIpc) is 2.51. The Bertz CT molecular complexity index is 733. The minimum absolute atomic E-state index is 0.0285. The standard InChI is InChI=1S/C17H21NO4/c1-4-11(2)17(3,21)10-18-15(19)13-9-12-7-5-6-8-14(12)22-16(13)20/h5-9,11,21H,4,10H2,1-3H3,(H,18,19). The van der Waals surface area contributed by atoms with Gasteiger partial charge in [-0.3, -0.25) is 4.79 Å². The van der Waals surface area contributed by atoms with Crippen molar-refractivity contribution in [3.05, 3.63) is 46.3 Å². The Hall–Kier alpha value is -2.14. The summed E-state index contributed by atoms with van der Waals surface area (Å²) < 4.78 is 5.14. The van der Waals surface area contributed by atoms with Crippen LogP contribution in [0.25, 0.3) is 11.0 Å². The van der Waals surface area contributed by atoms with E-state index in [0.29, 0.717) is 11.0 Å². The summed E-state index contributed by atoms with van der Waals surface area (Å²) in [6.45, 7) is 5.63. The van der Waals surface area contributed by atoms with Gasteiger partial charge in [-0.15, -0.1) is 0 Å². The third-order valence-electron chi connectivity index (χ3n) is 4.17. The number of fused-ring (bicyclic) bond motifs is 1. The van der Waals surface area contributed by atoms with E-state index in [4.69, 9.17) is 4.42 Å². The molecule has 1 aromatic heterocycles. The summed E-state index contributed by atoms with van der Waals surface area (Å²) in [5.41, 5.74) is -1.32. The molecule has 1 amide bonds. The molecule has 0 saturated heterocycles. The monoisotopic (exact) mass is 303 g/mol. The minimum atomic E-state index is -1.03. The lowest BCUT2D eigenvalue weighted by atomic mass is 9.88. The quantitative estimate of drug-likeness (QED) is 0.831. The van der Waals surface area contributed by atoms with Crippen LogP contribution in [0.1, 0.15) is 37.6 Å². The third-order valence-corrected chi connectivity index (χ3v) is 4.17. The number of para-hydroxylation sites is 1. The van der Waals surface area contributed by atoms with Crippen molar-refractivity contribution in [2.45, 2.75) is 32.8 Å². The van der Waals surface area contributed by atoms with Crippen molar-refractivity contribution in [3.63, 3.8) is 0 Å². The van der Waals surface area contributed by atoms with Crippen LogP contribution >= 0.6 is 0 Å². The molecule has 0 spiro atoms. The van der Waals surface area contributed by atoms with E-state index in [-0.39, 0.29) is 18.0 Å². The van der Waals surface area contributed by atoms with Crippen LogP contribution in [0.3, 0.4) is 0 Å². The molecule has 0 radical (unpaired) electrons. The van der Waals surface area contributed by atoms with Crippen LogP contribution in [0.4, 0.5) is 0 Å². The van der Waals surface area contributed by atoms with Gasteiger partial charge in [0.05, 0.1) is 5.60 Å². The van der Waals surface area contributed by atoms with E-state index in [9.17, 15) is 14.7 Å². The van der Waals surface area contributed by atoms with Gasteiger partial charge >= 0.3 is 5.63 Å². The predicted octanol–water partition coefficient (Wildman–Crippen LogP) is 2.32. The van der Waals surface area contributed by atoms with Crippen molar-refractivity contribution in [3.8, 4) is 0 Å². The van der Waals surface area contributed by atoms with Crippen molar-refractivity contribution in [2.75, 3.05) is 6.54 Å². The maximum atomic E-state index is 12.2. The lowest BCUT2D eigenvalue weighted by Crippen LogP contribution is -2.45. The van der Waals surface area contributed by atoms with E-state index in [2.05, 4.69) is 5.32 Å². The summed E-state index contributed by atoms with van der Waals surface area (Å²) in [7, 11) is 0. The Kier molecular flexibility index (Phi) is 4.66. The number of amides is 1. The first-order valence-electron chi connectivity index (χ1n) is 7.38. The van der Waals surface area contributed by atoms with Crippen molar-refractivity contribution >= 4 is 16.9 Å². The summed E-state index contributed by atoms with van der Waals surface area (Å²) in [4.78, 5) is 24.1. The van der Waals surface area contributed by atoms with E-state index in [1.165, 1.54) is 6.07 Å². The minimum Gasteiger partial charge on any atom is -0.422 e. The number of benzene rings is 1. The van der Waals surface area contributed by atoms with E-state index >= 15 is 0 Å². The van der Waals surface area contributed by atoms with E-state index in [1.54, 1.807) is 31.2 Å². The Morgan fingerprint density at radius 3 is 2.77 bits per heavy atom. The molecule has 2 unspecified atom stereocenters. The molecule has 2 aromatic rings. The highest BCUT2D eigenvalue weighted by atomic mass is 16.4. The fraction of sp³-hybridized carbons (Fsp3) is 0.412. The van der Waals surface area contributed by atoms with E-state index in [1.807, 2.05) is 13.8 Å². The second-order valence-corrected chi connectivity index (χ2v) is 5.83. The molecule has 22 heavy (non-hydrogen) atoms. The normalized spacial score (nSPS) is 15.3. The SMILES string of the molecule is CCC(C)C(C)(O)CNC(=O)c1cc2ccccc2oc1=O. The van der Waals surface area contributed by atoms with E-state index in [0.717, 1.165) is 6.42 Å². The number of aliphatic hydroxyl groups is 1. The Morgan fingerprint density at radius 1 is 1.41 bits per heavy atom. The fourth-order valence-electron chi connectivity index (χ4n) is 2.19. The Morgan fingerprint density at radius 2 is 2.09 bits per heavy atom. The Balaban J connectivity index is 2.20. The number of carbonyl (C=O) groups excluding carboxylic acids is 1. The van der Waals surface area contributed by atoms with Crippen molar-refractivity contribution in [1.29, 1.82) is 0 Å². The number of carbonyl (C=O) groups is 1. The molecular formula is C17H21NO4. The molecule has 0 bridgehead atoms. The zero-order valence-electron chi connectivity index (χ0n) is 13.1. The molecule has 0 saturated carbocycles. The van der Waals surface area contributed by atoms with Crippen LogP contribution < -0.4 is 10.9 Å². The molecule has 2 rings (SSSR count). The molecule has 0 fully saturated rings. The van der Waals surface area contributed by atoms with Gasteiger partial charge in [0.25, 0.3) is 5.91 Å². The van der Waals surface area contributed by atoms with Crippen LogP contribution in [0.2, 0.25) is 0 Å². The summed E-state index contributed by atoms with van der Waals surface area (Å²) in [6.07, 6.45) is 0.793. The topological polar surface area (TPSA) is 79.5 Å². The number of hydrogen-bond donors (Lipinski definition) is 2. The predicted molar refractivity (Wildman–Crippen MR) is 84.9 cm³/mol. The lowest BCUT2D eigenvalue weighted by Gasteiger charge is -2.29. The zero-order chi connectivity index (χ0) is 16.3. The van der Waals surface area contributed by atoms with Crippen LogP contribution in [0.5, 0.6) is 0 Å². The maximum absolute atomic E-state index is 12.2. The molecule has 1 heterocycles. The molecule has 0 aliphatic carbocycles. The smallest absolute Gasteiger partial charge is 0.349 e. The van der Waals surface area contributed by atoms with Gasteiger partial charge in [0, 0.05) is 11.9 Å². The van der Waals surface area contributed by atoms with Crippen LogP contribution in [0, 0.1) is 5.92 Å². The zero-order valence-corrected chi connectivity index (χ0v) is 13.1. The molecule has 5 nitrogen and oxygen atoms in total. The highest BCUT2D eigenvalue weighted by Crippen LogP contribution is 2.19. The first-order chi connectivity index (χ1) is 10.3. The summed E-state index contributed by atoms with van der Waals surface area (Å²) in [5.74, 6) is -0.510. The first kappa shape index (κ1) is 16.2. The van der Waals surface area contributed by atoms with Crippen molar-refractivity contribution < 1.29 is 14.3 Å². The molecular weight excluding hydrogens is 282 g/mol. The van der Waals surface area contributed by atoms with Crippen LogP contribution in [-0.2, 0) is 0 Å². The molecule has 2 N–H and O–H groups in total. The molecule has 0 aliphatic rings. The molecule has 5 heteroatoms. The highest BCUT2D eigenvalue weighted by Gasteiger charge is 2.28. The van der Waals surface area contributed by atoms with Crippen molar-refractivity contribution in [2.24, 2.45) is 5.92 Å². The lowest BCUT2D eigenvalue weighted by molar-refractivity contribution is 0.00589. The number of hydrogen-bond acceptors (Lipinski definition) is 4. The van der Waals surface area contributed by atoms with Crippen molar-refractivity contribution in [1.82, 2.24) is 5.32 Å². The summed E-state index contributed by atoms with van der Waals surface area (Å²) in [6, 6.07) is 8.51. The second kappa shape index (κ2) is 6.32. The van der Waals surface area contributed by atoms with Gasteiger partial charge in [0.15, 0.2) is 0 Å². The van der Waals surface area contributed by atoms with Gasteiger partial charge in [0.1, 0.15) is 11.1 Å². The van der Waals surface area contributed by atoms with Gasteiger partial charge < -0.3 is 14.8 Å². The number of rotatable bonds is 5. The van der Waals surface area contributed by atoms with Gasteiger partial charge in [0.2, 0.25) is 0 Å². The summed E-state index contributed by atoms with van der Waals surface area (Å²) >= 11 is 0. The Labute approximate surface area is 129 Å². The highest BCUT2D eigenvalue weighted by molar-refractivity contribution is 5.96. The molecule has 118 valence electrons. The largest absolute Gasteiger partial charge is 0.422 e. The van der Waals surface area contributed by atoms with Gasteiger partial charge in [-0.1, -0.05) is 38.5 Å². The van der Waals surface area contributed by atoms with Crippen LogP contribution in [-0.4, -0.2) is 23.2 Å². The maximum Gasteiger partial charge on any atom is 0.349 e. The van der Waals surface area contributed by atoms with Gasteiger partial charge in [-0.05, 0) is 25.0 Å². The molecule has 0 aliphatic heterocycles. The van der Waals surface area contributed by atoms with E-state index < -0.39 is 17.1 Å². The fourth-order valence-corrected chi connectivity index (χ4v) is 2.19. The summed E-state index contributed by atoms with van der Waals surface area (Å²) in [5, 5.41) is 13.6. The van der Waals surface area contributed by atoms with Gasteiger partial charge in [-0.25, -0.2) is 4.79 Å². The van der Waals surface area contributed by atoms with Gasteiger partial charge in [-0.2, -0.15) is 0 Å². The molecule has 1 aromatic carbocycles.